The lowest BCUT2D eigenvalue weighted by Gasteiger charge is -2.59. The molecule has 42 heavy (non-hydrogen) atoms. The number of alkyl halides is 3. The zero-order valence-corrected chi connectivity index (χ0v) is 25.5. The van der Waals surface area contributed by atoms with E-state index in [9.17, 15) is 33.3 Å². The number of aliphatic hydroxyl groups excluding tert-OH is 2. The van der Waals surface area contributed by atoms with Gasteiger partial charge >= 0.3 is 6.18 Å². The van der Waals surface area contributed by atoms with Crippen LogP contribution >= 0.6 is 0 Å². The molecule has 7 nitrogen and oxygen atoms in total. The summed E-state index contributed by atoms with van der Waals surface area (Å²) >= 11 is 0. The molecule has 2 fully saturated rings. The van der Waals surface area contributed by atoms with E-state index in [2.05, 4.69) is 0 Å². The first-order chi connectivity index (χ1) is 19.6. The molecule has 4 aliphatic carbocycles. The smallest absolute Gasteiger partial charge is 0.401 e. The number of rotatable bonds is 7. The van der Waals surface area contributed by atoms with Gasteiger partial charge in [-0.05, 0) is 100 Å². The molecule has 3 N–H and O–H groups in total. The van der Waals surface area contributed by atoms with Crippen molar-refractivity contribution in [1.29, 1.82) is 0 Å². The third-order valence-electron chi connectivity index (χ3n) is 10.4. The number of phenols is 1. The maximum Gasteiger partial charge on any atom is 0.401 e. The summed E-state index contributed by atoms with van der Waals surface area (Å²) in [6.45, 7) is 2.62. The number of ketones is 1. The van der Waals surface area contributed by atoms with Crippen molar-refractivity contribution < 1.29 is 33.3 Å². The number of hydrogen-bond acceptors (Lipinski definition) is 7. The van der Waals surface area contributed by atoms with Gasteiger partial charge in [0.15, 0.2) is 5.78 Å². The first-order valence-electron chi connectivity index (χ1n) is 15.0. The molecule has 5 rings (SSSR count). The minimum atomic E-state index is -4.36. The lowest BCUT2D eigenvalue weighted by Crippen LogP contribution is -2.61. The third-order valence-corrected chi connectivity index (χ3v) is 10.4. The molecule has 0 radical (unpaired) electrons. The number of likely N-dealkylation sites (N-methyl/N-ethyl adjacent to an activating group) is 1. The average molecular weight is 592 g/mol. The van der Waals surface area contributed by atoms with E-state index in [1.54, 1.807) is 21.0 Å². The van der Waals surface area contributed by atoms with Gasteiger partial charge < -0.3 is 20.2 Å². The number of aromatic hydroxyl groups is 1. The number of phenolic OH excluding ortho intramolecular Hbond substituents is 1. The molecule has 0 amide bonds. The molecular weight excluding hydrogens is 547 g/mol. The zero-order chi connectivity index (χ0) is 30.9. The predicted molar refractivity (Wildman–Crippen MR) is 156 cm³/mol. The Morgan fingerprint density at radius 3 is 2.29 bits per heavy atom. The summed E-state index contributed by atoms with van der Waals surface area (Å²) < 4.78 is 39.8. The van der Waals surface area contributed by atoms with Gasteiger partial charge in [-0.25, -0.2) is 0 Å². The van der Waals surface area contributed by atoms with Gasteiger partial charge in [0.25, 0.3) is 0 Å². The van der Waals surface area contributed by atoms with Crippen LogP contribution in [0.1, 0.15) is 62.6 Å². The Bertz CT molecular complexity index is 1330. The number of Topliss-reactive ketones (excluding diaryl/α,β-unsaturated/α-hetero) is 1. The standard InChI is InChI=1S/C32H44F3N3O4/c1-7-38(16-32(33,34)35)15-19-13-23(39)25-21(26(19)36(3)4)11-18-12-22-27(37(5)6)28(40)17(2)14-31(22,20-9-8-10-20)30(42)24(18)29(25)41/h13,18,20,22,27,39-41H,7-12,14-16H2,1-6H3/t18-,22-,27-,31-/m0/s1. The van der Waals surface area contributed by atoms with Crippen LogP contribution in [0.2, 0.25) is 0 Å². The topological polar surface area (TPSA) is 87.5 Å². The zero-order valence-electron chi connectivity index (χ0n) is 25.5. The highest BCUT2D eigenvalue weighted by Crippen LogP contribution is 2.63. The Balaban J connectivity index is 1.66. The second-order valence-electron chi connectivity index (χ2n) is 13.3. The average Bonchev–Trinajstić information content (AvgIpc) is 2.83. The van der Waals surface area contributed by atoms with Crippen LogP contribution in [0.4, 0.5) is 18.9 Å². The van der Waals surface area contributed by atoms with Crippen molar-refractivity contribution >= 4 is 17.2 Å². The van der Waals surface area contributed by atoms with Crippen LogP contribution in [0.5, 0.6) is 5.75 Å². The molecule has 4 atom stereocenters. The highest BCUT2D eigenvalue weighted by Gasteiger charge is 2.63. The van der Waals surface area contributed by atoms with Crippen LogP contribution in [0.15, 0.2) is 23.0 Å². The minimum absolute atomic E-state index is 0.0284. The van der Waals surface area contributed by atoms with Crippen molar-refractivity contribution in [2.24, 2.45) is 23.2 Å². The summed E-state index contributed by atoms with van der Waals surface area (Å²) in [4.78, 5) is 19.8. The summed E-state index contributed by atoms with van der Waals surface area (Å²) in [5.74, 6) is -0.539. The number of aliphatic hydroxyl groups is 2. The first-order valence-corrected chi connectivity index (χ1v) is 15.0. The molecular formula is C32H44F3N3O4. The van der Waals surface area contributed by atoms with E-state index in [4.69, 9.17) is 0 Å². The van der Waals surface area contributed by atoms with E-state index in [1.807, 2.05) is 30.8 Å². The second-order valence-corrected chi connectivity index (χ2v) is 13.3. The number of carbonyl (C=O) groups excluding carboxylic acids is 1. The molecule has 0 aromatic heterocycles. The summed E-state index contributed by atoms with van der Waals surface area (Å²) in [5, 5.41) is 34.3. The molecule has 4 aliphatic rings. The monoisotopic (exact) mass is 591 g/mol. The van der Waals surface area contributed by atoms with Crippen molar-refractivity contribution in [1.82, 2.24) is 9.80 Å². The molecule has 1 aromatic rings. The van der Waals surface area contributed by atoms with Crippen LogP contribution in [0.25, 0.3) is 5.76 Å². The van der Waals surface area contributed by atoms with Gasteiger partial charge in [0.2, 0.25) is 0 Å². The quantitative estimate of drug-likeness (QED) is 0.368. The van der Waals surface area contributed by atoms with Gasteiger partial charge in [0.05, 0.1) is 18.2 Å². The SMILES string of the molecule is CCN(Cc1cc(O)c2c(c1N(C)C)C[C@H]1C[C@H]3[C@H](N(C)C)C(O)=C(C)C[C@@]3(C3CCC3)C(=O)C1=C2O)CC(F)(F)F. The Kier molecular flexibility index (Phi) is 7.88. The Hall–Kier alpha value is -2.72. The number of carbonyl (C=O) groups is 1. The van der Waals surface area contributed by atoms with Crippen LogP contribution in [-0.2, 0) is 17.8 Å². The van der Waals surface area contributed by atoms with Gasteiger partial charge in [-0.2, -0.15) is 13.2 Å². The van der Waals surface area contributed by atoms with E-state index in [0.717, 1.165) is 24.8 Å². The number of benzene rings is 1. The number of anilines is 1. The fourth-order valence-corrected chi connectivity index (χ4v) is 8.55. The van der Waals surface area contributed by atoms with E-state index in [0.29, 0.717) is 47.4 Å². The molecule has 0 heterocycles. The van der Waals surface area contributed by atoms with Gasteiger partial charge in [0.1, 0.15) is 17.3 Å². The fraction of sp³-hybridized carbons (Fsp3) is 0.656. The van der Waals surface area contributed by atoms with Crippen molar-refractivity contribution in [2.75, 3.05) is 46.2 Å². The van der Waals surface area contributed by atoms with E-state index >= 15 is 0 Å². The summed E-state index contributed by atoms with van der Waals surface area (Å²) in [6.07, 6.45) is -0.0708. The van der Waals surface area contributed by atoms with Gasteiger partial charge in [-0.3, -0.25) is 14.6 Å². The Morgan fingerprint density at radius 2 is 1.76 bits per heavy atom. The summed E-state index contributed by atoms with van der Waals surface area (Å²) in [6, 6.07) is 1.11. The summed E-state index contributed by atoms with van der Waals surface area (Å²) in [7, 11) is 7.44. The molecule has 0 aliphatic heterocycles. The predicted octanol–water partition coefficient (Wildman–Crippen LogP) is 5.83. The summed E-state index contributed by atoms with van der Waals surface area (Å²) in [5.41, 5.74) is 2.46. The molecule has 232 valence electrons. The highest BCUT2D eigenvalue weighted by molar-refractivity contribution is 6.08. The molecule has 0 unspecified atom stereocenters. The normalized spacial score (nSPS) is 28.2. The molecule has 2 saturated carbocycles. The third kappa shape index (κ3) is 4.78. The Labute approximate surface area is 246 Å². The van der Waals surface area contributed by atoms with Crippen molar-refractivity contribution in [3.8, 4) is 5.75 Å². The van der Waals surface area contributed by atoms with Crippen molar-refractivity contribution in [2.45, 2.75) is 71.1 Å². The molecule has 10 heteroatoms. The van der Waals surface area contributed by atoms with Crippen molar-refractivity contribution in [3.05, 3.63) is 39.7 Å². The molecule has 0 bridgehead atoms. The number of allylic oxidation sites excluding steroid dienone is 2. The maximum atomic E-state index is 14.8. The number of hydrogen-bond donors (Lipinski definition) is 3. The van der Waals surface area contributed by atoms with Crippen molar-refractivity contribution in [3.63, 3.8) is 0 Å². The Morgan fingerprint density at radius 1 is 1.10 bits per heavy atom. The van der Waals surface area contributed by atoms with E-state index in [-0.39, 0.29) is 59.7 Å². The number of halogens is 3. The number of fused-ring (bicyclic) bond motifs is 3. The molecule has 1 aromatic carbocycles. The van der Waals surface area contributed by atoms with Crippen LogP contribution in [0, 0.1) is 23.2 Å². The fourth-order valence-electron chi connectivity index (χ4n) is 8.55. The lowest BCUT2D eigenvalue weighted by molar-refractivity contribution is -0.146. The highest BCUT2D eigenvalue weighted by atomic mass is 19.4. The largest absolute Gasteiger partial charge is 0.511 e. The van der Waals surface area contributed by atoms with E-state index in [1.165, 1.54) is 11.0 Å². The maximum absolute atomic E-state index is 14.8. The first kappa shape index (κ1) is 30.7. The second kappa shape index (κ2) is 10.8. The van der Waals surface area contributed by atoms with Crippen LogP contribution < -0.4 is 4.90 Å². The minimum Gasteiger partial charge on any atom is -0.511 e. The molecule has 0 saturated heterocycles. The van der Waals surface area contributed by atoms with Gasteiger partial charge in [-0.15, -0.1) is 0 Å². The van der Waals surface area contributed by atoms with E-state index < -0.39 is 18.1 Å². The van der Waals surface area contributed by atoms with Crippen LogP contribution in [-0.4, -0.2) is 84.4 Å². The lowest BCUT2D eigenvalue weighted by atomic mass is 9.45. The van der Waals surface area contributed by atoms with Gasteiger partial charge in [-0.1, -0.05) is 13.3 Å². The van der Waals surface area contributed by atoms with Crippen LogP contribution in [0.3, 0.4) is 0 Å². The van der Waals surface area contributed by atoms with Gasteiger partial charge in [0, 0.05) is 37.3 Å². The number of nitrogens with zero attached hydrogens (tertiary/aromatic N) is 3. The molecule has 0 spiro atoms.